The Morgan fingerprint density at radius 1 is 1.20 bits per heavy atom. The molecule has 0 amide bonds. The zero-order valence-electron chi connectivity index (χ0n) is 13.7. The van der Waals surface area contributed by atoms with Gasteiger partial charge in [0, 0.05) is 22.3 Å². The molecule has 0 atom stereocenters. The van der Waals surface area contributed by atoms with Gasteiger partial charge >= 0.3 is 0 Å². The van der Waals surface area contributed by atoms with E-state index in [4.69, 9.17) is 0 Å². The third kappa shape index (κ3) is 3.20. The smallest absolute Gasteiger partial charge is 0.279 e. The van der Waals surface area contributed by atoms with Crippen molar-refractivity contribution in [2.75, 3.05) is 4.72 Å². The molecule has 0 saturated carbocycles. The summed E-state index contributed by atoms with van der Waals surface area (Å²) in [6.07, 6.45) is 1.56. The number of benzene rings is 1. The number of aromatic nitrogens is 2. The van der Waals surface area contributed by atoms with Gasteiger partial charge in [-0.3, -0.25) is 18.7 Å². The minimum atomic E-state index is -4.12. The molecule has 0 aliphatic rings. The summed E-state index contributed by atoms with van der Waals surface area (Å²) in [5.74, 6) is -0.119. The molecule has 7 nitrogen and oxygen atoms in total. The van der Waals surface area contributed by atoms with Gasteiger partial charge in [0.15, 0.2) is 15.6 Å². The fourth-order valence-electron chi connectivity index (χ4n) is 2.43. The van der Waals surface area contributed by atoms with Crippen LogP contribution in [0.15, 0.2) is 40.2 Å². The molecule has 2 aromatic heterocycles. The topological polar surface area (TPSA) is 97.6 Å². The second kappa shape index (κ2) is 6.08. The molecule has 3 rings (SSSR count). The molecule has 25 heavy (non-hydrogen) atoms. The van der Waals surface area contributed by atoms with Crippen molar-refractivity contribution in [2.24, 2.45) is 0 Å². The second-order valence-corrected chi connectivity index (χ2v) is 8.40. The Bertz CT molecular complexity index is 1140. The number of rotatable bonds is 4. The maximum absolute atomic E-state index is 12.7. The number of nitrogens with one attached hydrogen (secondary N) is 1. The number of fused-ring (bicyclic) bond motifs is 1. The molecule has 0 aliphatic heterocycles. The fourth-order valence-corrected chi connectivity index (χ4v) is 4.60. The van der Waals surface area contributed by atoms with Gasteiger partial charge in [0.1, 0.15) is 0 Å². The summed E-state index contributed by atoms with van der Waals surface area (Å²) in [5.41, 5.74) is 0.228. The molecule has 0 fully saturated rings. The number of carbonyl (C=O) groups is 1. The highest BCUT2D eigenvalue weighted by atomic mass is 32.2. The Hall–Kier alpha value is -2.52. The molecule has 130 valence electrons. The number of nitrogens with zero attached hydrogens (tertiary/aromatic N) is 2. The van der Waals surface area contributed by atoms with Gasteiger partial charge in [-0.2, -0.15) is 0 Å². The van der Waals surface area contributed by atoms with Gasteiger partial charge in [0.25, 0.3) is 15.6 Å². The number of hydrogen-bond donors (Lipinski definition) is 1. The van der Waals surface area contributed by atoms with Crippen LogP contribution >= 0.6 is 11.3 Å². The minimum absolute atomic E-state index is 0.119. The largest absolute Gasteiger partial charge is 0.295 e. The first kappa shape index (κ1) is 17.3. The monoisotopic (exact) mass is 377 g/mol. The van der Waals surface area contributed by atoms with Crippen LogP contribution in [0.3, 0.4) is 0 Å². The maximum Gasteiger partial charge on any atom is 0.279 e. The Kier molecular flexibility index (Phi) is 4.21. The third-order valence-electron chi connectivity index (χ3n) is 3.59. The quantitative estimate of drug-likeness (QED) is 0.704. The van der Waals surface area contributed by atoms with Crippen LogP contribution in [-0.4, -0.2) is 23.6 Å². The molecule has 9 heteroatoms. The first-order valence-corrected chi connectivity index (χ1v) is 9.62. The van der Waals surface area contributed by atoms with Gasteiger partial charge < -0.3 is 0 Å². The normalized spacial score (nSPS) is 11.6. The third-order valence-corrected chi connectivity index (χ3v) is 6.00. The predicted octanol–water partition coefficient (Wildman–Crippen LogP) is 2.38. The van der Waals surface area contributed by atoms with Gasteiger partial charge in [-0.15, -0.1) is 11.3 Å². The van der Waals surface area contributed by atoms with E-state index in [2.05, 4.69) is 9.71 Å². The Morgan fingerprint density at radius 2 is 1.84 bits per heavy atom. The van der Waals surface area contributed by atoms with Crippen LogP contribution in [0.25, 0.3) is 4.96 Å². The molecule has 0 saturated heterocycles. The standard InChI is InChI=1S/C16H15N3O4S2/c1-9-8-19-15(21)14(10(2)17-16(19)24-9)25(22,23)18-13-6-4-12(5-7-13)11(3)20/h4-8,18H,1-3H3. The number of Topliss-reactive ketones (excluding diaryl/α,β-unsaturated/α-hetero) is 1. The summed E-state index contributed by atoms with van der Waals surface area (Å²) in [4.78, 5) is 29.0. The van der Waals surface area contributed by atoms with Crippen molar-refractivity contribution in [1.29, 1.82) is 0 Å². The molecular weight excluding hydrogens is 362 g/mol. The first-order chi connectivity index (χ1) is 11.7. The van der Waals surface area contributed by atoms with E-state index < -0.39 is 20.5 Å². The van der Waals surface area contributed by atoms with Crippen molar-refractivity contribution in [3.05, 3.63) is 57.0 Å². The van der Waals surface area contributed by atoms with Crippen molar-refractivity contribution in [2.45, 2.75) is 25.7 Å². The minimum Gasteiger partial charge on any atom is -0.295 e. The zero-order chi connectivity index (χ0) is 18.4. The Balaban J connectivity index is 2.06. The van der Waals surface area contributed by atoms with E-state index in [9.17, 15) is 18.0 Å². The Labute approximate surface area is 148 Å². The highest BCUT2D eigenvalue weighted by Gasteiger charge is 2.24. The van der Waals surface area contributed by atoms with E-state index in [1.54, 1.807) is 6.20 Å². The molecule has 0 aliphatic carbocycles. The van der Waals surface area contributed by atoms with Crippen molar-refractivity contribution in [1.82, 2.24) is 9.38 Å². The highest BCUT2D eigenvalue weighted by molar-refractivity contribution is 7.92. The van der Waals surface area contributed by atoms with Gasteiger partial charge in [0.05, 0.1) is 5.69 Å². The number of aryl methyl sites for hydroxylation is 2. The van der Waals surface area contributed by atoms with Gasteiger partial charge in [-0.05, 0) is 45.0 Å². The number of sulfonamides is 1. The van der Waals surface area contributed by atoms with Crippen molar-refractivity contribution in [3.8, 4) is 0 Å². The molecule has 1 N–H and O–H groups in total. The van der Waals surface area contributed by atoms with E-state index in [1.165, 1.54) is 53.9 Å². The molecule has 0 radical (unpaired) electrons. The average molecular weight is 377 g/mol. The number of ketones is 1. The molecule has 0 spiro atoms. The number of carbonyl (C=O) groups excluding carboxylic acids is 1. The highest BCUT2D eigenvalue weighted by Crippen LogP contribution is 2.19. The number of hydrogen-bond acceptors (Lipinski definition) is 6. The van der Waals surface area contributed by atoms with Crippen LogP contribution in [0, 0.1) is 13.8 Å². The molecule has 0 bridgehead atoms. The zero-order valence-corrected chi connectivity index (χ0v) is 15.4. The lowest BCUT2D eigenvalue weighted by Crippen LogP contribution is -2.27. The average Bonchev–Trinajstić information content (AvgIpc) is 2.87. The summed E-state index contributed by atoms with van der Waals surface area (Å²) in [7, 11) is -4.12. The number of thiazole rings is 1. The molecule has 2 heterocycles. The fraction of sp³-hybridized carbons (Fsp3) is 0.188. The van der Waals surface area contributed by atoms with Crippen molar-refractivity contribution in [3.63, 3.8) is 0 Å². The first-order valence-electron chi connectivity index (χ1n) is 7.32. The molecule has 3 aromatic rings. The summed E-state index contributed by atoms with van der Waals surface area (Å²) < 4.78 is 29.0. The summed E-state index contributed by atoms with van der Waals surface area (Å²) in [5, 5.41) is 0. The van der Waals surface area contributed by atoms with Gasteiger partial charge in [-0.1, -0.05) is 0 Å². The van der Waals surface area contributed by atoms with E-state index in [0.29, 0.717) is 10.5 Å². The molecular formula is C16H15N3O4S2. The Morgan fingerprint density at radius 3 is 2.44 bits per heavy atom. The van der Waals surface area contributed by atoms with Crippen molar-refractivity contribution >= 4 is 37.8 Å². The predicted molar refractivity (Wildman–Crippen MR) is 96.1 cm³/mol. The number of anilines is 1. The summed E-state index contributed by atoms with van der Waals surface area (Å²) >= 11 is 1.31. The molecule has 0 unspecified atom stereocenters. The summed E-state index contributed by atoms with van der Waals surface area (Å²) in [6, 6.07) is 5.98. The van der Waals surface area contributed by atoms with Crippen LogP contribution < -0.4 is 10.3 Å². The van der Waals surface area contributed by atoms with E-state index >= 15 is 0 Å². The van der Waals surface area contributed by atoms with Crippen LogP contribution in [0.4, 0.5) is 5.69 Å². The molecule has 1 aromatic carbocycles. The van der Waals surface area contributed by atoms with Gasteiger partial charge in [-0.25, -0.2) is 13.4 Å². The van der Waals surface area contributed by atoms with Crippen LogP contribution in [0.1, 0.15) is 27.9 Å². The summed E-state index contributed by atoms with van der Waals surface area (Å²) in [6.45, 7) is 4.73. The van der Waals surface area contributed by atoms with Crippen LogP contribution in [-0.2, 0) is 10.0 Å². The van der Waals surface area contributed by atoms with Crippen LogP contribution in [0.2, 0.25) is 0 Å². The van der Waals surface area contributed by atoms with Crippen molar-refractivity contribution < 1.29 is 13.2 Å². The maximum atomic E-state index is 12.7. The van der Waals surface area contributed by atoms with Gasteiger partial charge in [0.2, 0.25) is 0 Å². The SMILES string of the molecule is CC(=O)c1ccc(NS(=O)(=O)c2c(C)nc3sc(C)cn3c2=O)cc1. The van der Waals surface area contributed by atoms with E-state index in [-0.39, 0.29) is 17.2 Å². The van der Waals surface area contributed by atoms with E-state index in [1.807, 2.05) is 6.92 Å². The lowest BCUT2D eigenvalue weighted by Gasteiger charge is -2.10. The van der Waals surface area contributed by atoms with E-state index in [0.717, 1.165) is 4.88 Å². The lowest BCUT2D eigenvalue weighted by molar-refractivity contribution is 0.101. The van der Waals surface area contributed by atoms with Crippen LogP contribution in [0.5, 0.6) is 0 Å². The second-order valence-electron chi connectivity index (χ2n) is 5.56. The lowest BCUT2D eigenvalue weighted by atomic mass is 10.1.